The number of benzene rings is 1. The topological polar surface area (TPSA) is 38.5 Å². The SMILES string of the molecule is NCCC1CCCN(C2CCOc3ccccc32)C1. The van der Waals surface area contributed by atoms with Gasteiger partial charge in [-0.15, -0.1) is 0 Å². The summed E-state index contributed by atoms with van der Waals surface area (Å²) < 4.78 is 5.77. The lowest BCUT2D eigenvalue weighted by Gasteiger charge is -2.40. The predicted octanol–water partition coefficient (Wildman–Crippen LogP) is 2.57. The van der Waals surface area contributed by atoms with Crippen LogP contribution in [-0.4, -0.2) is 31.1 Å². The largest absolute Gasteiger partial charge is 0.493 e. The van der Waals surface area contributed by atoms with Crippen LogP contribution in [0.5, 0.6) is 5.75 Å². The zero-order chi connectivity index (χ0) is 13.1. The van der Waals surface area contributed by atoms with Gasteiger partial charge in [-0.25, -0.2) is 0 Å². The Morgan fingerprint density at radius 1 is 1.26 bits per heavy atom. The fourth-order valence-electron chi connectivity index (χ4n) is 3.55. The molecule has 19 heavy (non-hydrogen) atoms. The number of para-hydroxylation sites is 1. The molecule has 2 N–H and O–H groups in total. The van der Waals surface area contributed by atoms with E-state index in [0.717, 1.165) is 31.2 Å². The smallest absolute Gasteiger partial charge is 0.124 e. The first-order valence-electron chi connectivity index (χ1n) is 7.54. The van der Waals surface area contributed by atoms with Gasteiger partial charge in [-0.1, -0.05) is 18.2 Å². The molecule has 0 radical (unpaired) electrons. The fourth-order valence-corrected chi connectivity index (χ4v) is 3.55. The third-order valence-corrected chi connectivity index (χ3v) is 4.49. The Morgan fingerprint density at radius 3 is 3.05 bits per heavy atom. The molecule has 104 valence electrons. The molecule has 2 aliphatic heterocycles. The number of likely N-dealkylation sites (tertiary alicyclic amines) is 1. The summed E-state index contributed by atoms with van der Waals surface area (Å²) in [7, 11) is 0. The highest BCUT2D eigenvalue weighted by Gasteiger charge is 2.30. The molecule has 2 atom stereocenters. The second-order valence-electron chi connectivity index (χ2n) is 5.77. The van der Waals surface area contributed by atoms with Gasteiger partial charge in [0.2, 0.25) is 0 Å². The van der Waals surface area contributed by atoms with Gasteiger partial charge >= 0.3 is 0 Å². The van der Waals surface area contributed by atoms with E-state index in [-0.39, 0.29) is 0 Å². The molecular weight excluding hydrogens is 236 g/mol. The highest BCUT2D eigenvalue weighted by molar-refractivity contribution is 5.37. The van der Waals surface area contributed by atoms with Crippen LogP contribution in [0.2, 0.25) is 0 Å². The Balaban J connectivity index is 1.75. The molecular formula is C16H24N2O. The number of hydrogen-bond donors (Lipinski definition) is 1. The number of hydrogen-bond acceptors (Lipinski definition) is 3. The van der Waals surface area contributed by atoms with Crippen LogP contribution in [0.15, 0.2) is 24.3 Å². The maximum absolute atomic E-state index is 5.77. The number of ether oxygens (including phenoxy) is 1. The molecule has 1 aromatic rings. The predicted molar refractivity (Wildman–Crippen MR) is 77.3 cm³/mol. The number of nitrogens with two attached hydrogens (primary N) is 1. The summed E-state index contributed by atoms with van der Waals surface area (Å²) >= 11 is 0. The molecule has 2 aliphatic rings. The van der Waals surface area contributed by atoms with Crippen LogP contribution in [0.25, 0.3) is 0 Å². The highest BCUT2D eigenvalue weighted by Crippen LogP contribution is 2.37. The second kappa shape index (κ2) is 5.93. The summed E-state index contributed by atoms with van der Waals surface area (Å²) in [5, 5.41) is 0. The van der Waals surface area contributed by atoms with Gasteiger partial charge in [0.15, 0.2) is 0 Å². The van der Waals surface area contributed by atoms with Crippen molar-refractivity contribution in [3.05, 3.63) is 29.8 Å². The highest BCUT2D eigenvalue weighted by atomic mass is 16.5. The van der Waals surface area contributed by atoms with Gasteiger partial charge in [0.25, 0.3) is 0 Å². The number of fused-ring (bicyclic) bond motifs is 1. The third kappa shape index (κ3) is 2.77. The van der Waals surface area contributed by atoms with Crippen molar-refractivity contribution in [3.8, 4) is 5.75 Å². The average molecular weight is 260 g/mol. The molecule has 0 aromatic heterocycles. The summed E-state index contributed by atoms with van der Waals surface area (Å²) in [6.45, 7) is 4.10. The number of nitrogens with zero attached hydrogens (tertiary/aromatic N) is 1. The van der Waals surface area contributed by atoms with Crippen LogP contribution in [0.4, 0.5) is 0 Å². The van der Waals surface area contributed by atoms with Crippen molar-refractivity contribution >= 4 is 0 Å². The quantitative estimate of drug-likeness (QED) is 0.908. The normalized spacial score (nSPS) is 27.6. The van der Waals surface area contributed by atoms with E-state index in [2.05, 4.69) is 29.2 Å². The van der Waals surface area contributed by atoms with E-state index in [4.69, 9.17) is 10.5 Å². The van der Waals surface area contributed by atoms with E-state index in [1.165, 1.54) is 37.9 Å². The van der Waals surface area contributed by atoms with Crippen LogP contribution in [0, 0.1) is 5.92 Å². The molecule has 2 unspecified atom stereocenters. The van der Waals surface area contributed by atoms with E-state index in [0.29, 0.717) is 6.04 Å². The molecule has 3 nitrogen and oxygen atoms in total. The van der Waals surface area contributed by atoms with Gasteiger partial charge < -0.3 is 10.5 Å². The first-order valence-corrected chi connectivity index (χ1v) is 7.54. The van der Waals surface area contributed by atoms with Gasteiger partial charge in [0.05, 0.1) is 6.61 Å². The first-order chi connectivity index (χ1) is 9.38. The Hall–Kier alpha value is -1.06. The molecule has 0 saturated carbocycles. The average Bonchev–Trinajstić information content (AvgIpc) is 2.47. The monoisotopic (exact) mass is 260 g/mol. The number of rotatable bonds is 3. The van der Waals surface area contributed by atoms with Gasteiger partial charge in [-0.2, -0.15) is 0 Å². The summed E-state index contributed by atoms with van der Waals surface area (Å²) in [6, 6.07) is 9.07. The van der Waals surface area contributed by atoms with E-state index in [1.807, 2.05) is 0 Å². The molecule has 1 aromatic carbocycles. The molecule has 0 amide bonds. The minimum absolute atomic E-state index is 0.547. The minimum atomic E-state index is 0.547. The third-order valence-electron chi connectivity index (χ3n) is 4.49. The molecule has 3 heteroatoms. The molecule has 0 bridgehead atoms. The maximum Gasteiger partial charge on any atom is 0.124 e. The van der Waals surface area contributed by atoms with E-state index >= 15 is 0 Å². The van der Waals surface area contributed by atoms with Crippen LogP contribution < -0.4 is 10.5 Å². The van der Waals surface area contributed by atoms with Crippen molar-refractivity contribution < 1.29 is 4.74 Å². The summed E-state index contributed by atoms with van der Waals surface area (Å²) in [5.41, 5.74) is 7.10. The first kappa shape index (κ1) is 12.9. The van der Waals surface area contributed by atoms with E-state index in [9.17, 15) is 0 Å². The Labute approximate surface area is 115 Å². The Kier molecular flexibility index (Phi) is 4.04. The van der Waals surface area contributed by atoms with Crippen LogP contribution in [-0.2, 0) is 0 Å². The van der Waals surface area contributed by atoms with Crippen molar-refractivity contribution in [2.45, 2.75) is 31.7 Å². The van der Waals surface area contributed by atoms with Crippen molar-refractivity contribution in [2.75, 3.05) is 26.2 Å². The summed E-state index contributed by atoms with van der Waals surface area (Å²) in [5.74, 6) is 1.87. The maximum atomic E-state index is 5.77. The van der Waals surface area contributed by atoms with Crippen molar-refractivity contribution in [1.29, 1.82) is 0 Å². The van der Waals surface area contributed by atoms with Crippen molar-refractivity contribution in [2.24, 2.45) is 11.7 Å². The van der Waals surface area contributed by atoms with Crippen molar-refractivity contribution in [1.82, 2.24) is 4.90 Å². The Morgan fingerprint density at radius 2 is 2.16 bits per heavy atom. The van der Waals surface area contributed by atoms with Crippen molar-refractivity contribution in [3.63, 3.8) is 0 Å². The minimum Gasteiger partial charge on any atom is -0.493 e. The van der Waals surface area contributed by atoms with Gasteiger partial charge in [-0.3, -0.25) is 4.90 Å². The zero-order valence-electron chi connectivity index (χ0n) is 11.6. The van der Waals surface area contributed by atoms with Crippen LogP contribution >= 0.6 is 0 Å². The van der Waals surface area contributed by atoms with Crippen LogP contribution in [0.1, 0.15) is 37.3 Å². The standard InChI is InChI=1S/C16H24N2O/c17-9-7-13-4-3-10-18(12-13)15-8-11-19-16-6-2-1-5-14(15)16/h1-2,5-6,13,15H,3-4,7-12,17H2. The van der Waals surface area contributed by atoms with Crippen LogP contribution in [0.3, 0.4) is 0 Å². The summed E-state index contributed by atoms with van der Waals surface area (Å²) in [6.07, 6.45) is 4.94. The molecule has 3 rings (SSSR count). The van der Waals surface area contributed by atoms with E-state index < -0.39 is 0 Å². The molecule has 0 aliphatic carbocycles. The molecule has 2 heterocycles. The lowest BCUT2D eigenvalue weighted by Crippen LogP contribution is -2.40. The molecule has 1 fully saturated rings. The zero-order valence-corrected chi connectivity index (χ0v) is 11.6. The lowest BCUT2D eigenvalue weighted by atomic mass is 9.91. The summed E-state index contributed by atoms with van der Waals surface area (Å²) in [4.78, 5) is 2.66. The Bertz CT molecular complexity index is 419. The molecule has 1 saturated heterocycles. The van der Waals surface area contributed by atoms with E-state index in [1.54, 1.807) is 0 Å². The van der Waals surface area contributed by atoms with Gasteiger partial charge in [-0.05, 0) is 44.3 Å². The lowest BCUT2D eigenvalue weighted by molar-refractivity contribution is 0.0896. The van der Waals surface area contributed by atoms with Gasteiger partial charge in [0.1, 0.15) is 5.75 Å². The molecule has 0 spiro atoms. The van der Waals surface area contributed by atoms with Gasteiger partial charge in [0, 0.05) is 24.6 Å². The second-order valence-corrected chi connectivity index (χ2v) is 5.77. The fraction of sp³-hybridized carbons (Fsp3) is 0.625. The number of piperidine rings is 1.